The monoisotopic (exact) mass is 221 g/mol. The first-order valence-electron chi connectivity index (χ1n) is 5.39. The Balaban J connectivity index is 2.42. The van der Waals surface area contributed by atoms with Crippen LogP contribution in [0.2, 0.25) is 0 Å². The zero-order valence-corrected chi connectivity index (χ0v) is 9.27. The normalized spacial score (nSPS) is 19.3. The number of aliphatic carboxylic acids is 1. The lowest BCUT2D eigenvalue weighted by Gasteiger charge is -2.32. The predicted octanol–water partition coefficient (Wildman–Crippen LogP) is 1.52. The fourth-order valence-electron chi connectivity index (χ4n) is 2.10. The summed E-state index contributed by atoms with van der Waals surface area (Å²) in [4.78, 5) is 15.7. The molecule has 0 radical (unpaired) electrons. The number of rotatable bonds is 2. The van der Waals surface area contributed by atoms with Crippen molar-refractivity contribution in [3.8, 4) is 0 Å². The minimum Gasteiger partial charge on any atom is -0.481 e. The van der Waals surface area contributed by atoms with Crippen LogP contribution in [0, 0.1) is 6.92 Å². The first-order chi connectivity index (χ1) is 7.65. The number of hydrogen-bond donors (Lipinski definition) is 1. The molecule has 2 rings (SSSR count). The number of hydrogen-bond acceptors (Lipinski definition) is 3. The number of nitrogens with zero attached hydrogens (tertiary/aromatic N) is 1. The number of aromatic nitrogens is 1. The third-order valence-corrected chi connectivity index (χ3v) is 3.16. The standard InChI is InChI=1S/C12H15NO3/c1-9-2-5-13-10(8-9)12(11(14)15)3-6-16-7-4-12/h2,5,8H,3-4,6-7H2,1H3,(H,14,15). The topological polar surface area (TPSA) is 59.4 Å². The van der Waals surface area contributed by atoms with E-state index in [0.29, 0.717) is 31.7 Å². The van der Waals surface area contributed by atoms with E-state index < -0.39 is 11.4 Å². The van der Waals surface area contributed by atoms with Crippen molar-refractivity contribution in [2.24, 2.45) is 0 Å². The molecular weight excluding hydrogens is 206 g/mol. The van der Waals surface area contributed by atoms with E-state index in [0.717, 1.165) is 5.56 Å². The molecule has 1 saturated heterocycles. The molecule has 1 N–H and O–H groups in total. The summed E-state index contributed by atoms with van der Waals surface area (Å²) >= 11 is 0. The predicted molar refractivity (Wildman–Crippen MR) is 58.3 cm³/mol. The van der Waals surface area contributed by atoms with Gasteiger partial charge in [0.1, 0.15) is 5.41 Å². The molecule has 0 aromatic carbocycles. The van der Waals surface area contributed by atoms with Crippen molar-refractivity contribution in [1.82, 2.24) is 4.98 Å². The molecule has 4 heteroatoms. The average Bonchev–Trinajstić information content (AvgIpc) is 2.30. The van der Waals surface area contributed by atoms with Crippen LogP contribution in [0.15, 0.2) is 18.3 Å². The molecule has 1 aromatic heterocycles. The van der Waals surface area contributed by atoms with E-state index in [1.54, 1.807) is 6.20 Å². The van der Waals surface area contributed by atoms with Crippen LogP contribution in [-0.4, -0.2) is 29.3 Å². The number of aryl methyl sites for hydroxylation is 1. The van der Waals surface area contributed by atoms with Gasteiger partial charge in [0.15, 0.2) is 0 Å². The molecule has 1 aliphatic heterocycles. The highest BCUT2D eigenvalue weighted by molar-refractivity contribution is 5.80. The summed E-state index contributed by atoms with van der Waals surface area (Å²) in [6.45, 7) is 2.92. The van der Waals surface area contributed by atoms with Crippen LogP contribution in [-0.2, 0) is 14.9 Å². The first-order valence-corrected chi connectivity index (χ1v) is 5.39. The summed E-state index contributed by atoms with van der Waals surface area (Å²) in [5.41, 5.74) is 0.838. The Morgan fingerprint density at radius 2 is 2.19 bits per heavy atom. The summed E-state index contributed by atoms with van der Waals surface area (Å²) in [7, 11) is 0. The lowest BCUT2D eigenvalue weighted by molar-refractivity contribution is -0.148. The van der Waals surface area contributed by atoms with E-state index in [9.17, 15) is 9.90 Å². The summed E-state index contributed by atoms with van der Waals surface area (Å²) < 4.78 is 5.24. The van der Waals surface area contributed by atoms with Gasteiger partial charge in [-0.15, -0.1) is 0 Å². The van der Waals surface area contributed by atoms with E-state index in [2.05, 4.69) is 4.98 Å². The summed E-state index contributed by atoms with van der Waals surface area (Å²) in [5.74, 6) is -0.797. The van der Waals surface area contributed by atoms with Gasteiger partial charge < -0.3 is 9.84 Å². The average molecular weight is 221 g/mol. The number of carbonyl (C=O) groups is 1. The van der Waals surface area contributed by atoms with Crippen LogP contribution in [0.1, 0.15) is 24.1 Å². The maximum absolute atomic E-state index is 11.5. The van der Waals surface area contributed by atoms with Crippen molar-refractivity contribution in [3.05, 3.63) is 29.6 Å². The van der Waals surface area contributed by atoms with Crippen LogP contribution in [0.4, 0.5) is 0 Å². The van der Waals surface area contributed by atoms with E-state index in [-0.39, 0.29) is 0 Å². The quantitative estimate of drug-likeness (QED) is 0.822. The van der Waals surface area contributed by atoms with Crippen LogP contribution < -0.4 is 0 Å². The largest absolute Gasteiger partial charge is 0.481 e. The highest BCUT2D eigenvalue weighted by Gasteiger charge is 2.43. The fraction of sp³-hybridized carbons (Fsp3) is 0.500. The van der Waals surface area contributed by atoms with Gasteiger partial charge in [0.05, 0.1) is 5.69 Å². The Kier molecular flexibility index (Phi) is 2.92. The molecule has 1 fully saturated rings. The third-order valence-electron chi connectivity index (χ3n) is 3.16. The Bertz CT molecular complexity index is 397. The van der Waals surface area contributed by atoms with Gasteiger partial charge >= 0.3 is 5.97 Å². The molecule has 0 spiro atoms. The minimum absolute atomic E-state index is 0.488. The molecule has 0 atom stereocenters. The van der Waals surface area contributed by atoms with Gasteiger partial charge in [-0.1, -0.05) is 0 Å². The van der Waals surface area contributed by atoms with Crippen molar-refractivity contribution in [2.75, 3.05) is 13.2 Å². The van der Waals surface area contributed by atoms with Crippen LogP contribution in [0.25, 0.3) is 0 Å². The van der Waals surface area contributed by atoms with Gasteiger partial charge in [0, 0.05) is 19.4 Å². The maximum atomic E-state index is 11.5. The Morgan fingerprint density at radius 1 is 1.50 bits per heavy atom. The number of carboxylic acids is 1. The van der Waals surface area contributed by atoms with Gasteiger partial charge in [0.2, 0.25) is 0 Å². The minimum atomic E-state index is -0.857. The molecule has 0 aliphatic carbocycles. The second-order valence-corrected chi connectivity index (χ2v) is 4.22. The van der Waals surface area contributed by atoms with Crippen molar-refractivity contribution in [3.63, 3.8) is 0 Å². The number of pyridine rings is 1. The Morgan fingerprint density at radius 3 is 2.75 bits per heavy atom. The van der Waals surface area contributed by atoms with E-state index in [1.807, 2.05) is 19.1 Å². The van der Waals surface area contributed by atoms with Crippen molar-refractivity contribution >= 4 is 5.97 Å². The molecule has 1 aliphatic rings. The molecule has 86 valence electrons. The molecule has 0 amide bonds. The fourth-order valence-corrected chi connectivity index (χ4v) is 2.10. The highest BCUT2D eigenvalue weighted by atomic mass is 16.5. The zero-order valence-electron chi connectivity index (χ0n) is 9.27. The second kappa shape index (κ2) is 4.22. The molecule has 2 heterocycles. The van der Waals surface area contributed by atoms with Crippen molar-refractivity contribution < 1.29 is 14.6 Å². The maximum Gasteiger partial charge on any atom is 0.315 e. The molecule has 0 saturated carbocycles. The second-order valence-electron chi connectivity index (χ2n) is 4.22. The van der Waals surface area contributed by atoms with Gasteiger partial charge in [-0.05, 0) is 37.5 Å². The lowest BCUT2D eigenvalue weighted by atomic mass is 9.77. The molecule has 1 aromatic rings. The van der Waals surface area contributed by atoms with E-state index >= 15 is 0 Å². The number of carboxylic acid groups (broad SMARTS) is 1. The zero-order chi connectivity index (χ0) is 11.6. The van der Waals surface area contributed by atoms with Gasteiger partial charge in [-0.25, -0.2) is 0 Å². The van der Waals surface area contributed by atoms with Crippen LogP contribution >= 0.6 is 0 Å². The van der Waals surface area contributed by atoms with E-state index in [1.165, 1.54) is 0 Å². The summed E-state index contributed by atoms with van der Waals surface area (Å²) in [6.07, 6.45) is 2.67. The summed E-state index contributed by atoms with van der Waals surface area (Å²) in [6, 6.07) is 3.73. The molecule has 0 bridgehead atoms. The third kappa shape index (κ3) is 1.80. The van der Waals surface area contributed by atoms with Gasteiger partial charge in [0.25, 0.3) is 0 Å². The first kappa shape index (κ1) is 11.1. The summed E-state index contributed by atoms with van der Waals surface area (Å²) in [5, 5.41) is 9.44. The Hall–Kier alpha value is -1.42. The van der Waals surface area contributed by atoms with Crippen LogP contribution in [0.3, 0.4) is 0 Å². The number of ether oxygens (including phenoxy) is 1. The SMILES string of the molecule is Cc1ccnc(C2(C(=O)O)CCOCC2)c1. The van der Waals surface area contributed by atoms with Crippen molar-refractivity contribution in [2.45, 2.75) is 25.2 Å². The van der Waals surface area contributed by atoms with Gasteiger partial charge in [-0.2, -0.15) is 0 Å². The molecular formula is C12H15NO3. The Labute approximate surface area is 94.3 Å². The molecule has 4 nitrogen and oxygen atoms in total. The molecule has 16 heavy (non-hydrogen) atoms. The van der Waals surface area contributed by atoms with Crippen LogP contribution in [0.5, 0.6) is 0 Å². The van der Waals surface area contributed by atoms with Crippen molar-refractivity contribution in [1.29, 1.82) is 0 Å². The van der Waals surface area contributed by atoms with Gasteiger partial charge in [-0.3, -0.25) is 9.78 Å². The van der Waals surface area contributed by atoms with E-state index in [4.69, 9.17) is 4.74 Å². The molecule has 0 unspecified atom stereocenters. The highest BCUT2D eigenvalue weighted by Crippen LogP contribution is 2.34. The smallest absolute Gasteiger partial charge is 0.315 e. The lowest BCUT2D eigenvalue weighted by Crippen LogP contribution is -2.42.